The number of alkyl halides is 1. The van der Waals surface area contributed by atoms with E-state index in [4.69, 9.17) is 15.5 Å². The Labute approximate surface area is 224 Å². The van der Waals surface area contributed by atoms with Crippen molar-refractivity contribution in [2.75, 3.05) is 44.4 Å². The van der Waals surface area contributed by atoms with Crippen molar-refractivity contribution in [3.63, 3.8) is 0 Å². The number of nitrogen functional groups attached to an aromatic ring is 1. The molecule has 2 aliphatic rings. The number of rotatable bonds is 4. The van der Waals surface area contributed by atoms with Gasteiger partial charge in [-0.2, -0.15) is 4.98 Å². The molecule has 2 aliphatic heterocycles. The van der Waals surface area contributed by atoms with Crippen LogP contribution in [-0.2, 0) is 4.74 Å². The Kier molecular flexibility index (Phi) is 7.04. The van der Waals surface area contributed by atoms with E-state index in [1.54, 1.807) is 4.52 Å². The van der Waals surface area contributed by atoms with E-state index in [1.807, 2.05) is 38.4 Å². The Bertz CT molecular complexity index is 1460. The van der Waals surface area contributed by atoms with Crippen LogP contribution in [0.3, 0.4) is 0 Å². The highest BCUT2D eigenvalue weighted by molar-refractivity contribution is 7.18. The molecule has 4 aromatic rings. The van der Waals surface area contributed by atoms with Crippen LogP contribution in [-0.4, -0.2) is 78.3 Å². The van der Waals surface area contributed by atoms with E-state index in [9.17, 15) is 4.39 Å². The van der Waals surface area contributed by atoms with Gasteiger partial charge in [0.1, 0.15) is 22.3 Å². The van der Waals surface area contributed by atoms with Crippen molar-refractivity contribution >= 4 is 37.7 Å². The maximum Gasteiger partial charge on any atom is 0.240 e. The number of nitrogens with zero attached hydrogens (tertiary/aromatic N) is 7. The number of ether oxygens (including phenoxy) is 1. The number of piperidine rings is 1. The number of nitrogens with one attached hydrogen (secondary N) is 1. The topological polar surface area (TPSA) is 111 Å². The summed E-state index contributed by atoms with van der Waals surface area (Å²) in [4.78, 5) is 16.0. The maximum atomic E-state index is 13.7. The summed E-state index contributed by atoms with van der Waals surface area (Å²) in [5, 5.41) is 6.25. The van der Waals surface area contributed by atoms with E-state index in [1.165, 1.54) is 0 Å². The molecule has 4 aromatic heterocycles. The van der Waals surface area contributed by atoms with Crippen LogP contribution in [0.2, 0.25) is 0 Å². The molecule has 38 heavy (non-hydrogen) atoms. The number of aryl methyl sites for hydroxylation is 1. The molecular formula is C26H37FN9OP. The van der Waals surface area contributed by atoms with Crippen LogP contribution in [0.4, 0.5) is 16.2 Å². The van der Waals surface area contributed by atoms with E-state index in [-0.39, 0.29) is 17.5 Å². The van der Waals surface area contributed by atoms with Gasteiger partial charge in [-0.05, 0) is 65.3 Å². The van der Waals surface area contributed by atoms with E-state index in [2.05, 4.69) is 59.9 Å². The lowest BCUT2D eigenvalue weighted by Crippen LogP contribution is -2.63. The summed E-state index contributed by atoms with van der Waals surface area (Å²) in [5.41, 5.74) is 10.3. The van der Waals surface area contributed by atoms with Crippen LogP contribution >= 0.6 is 9.24 Å². The Morgan fingerprint density at radius 2 is 1.95 bits per heavy atom. The van der Waals surface area contributed by atoms with Gasteiger partial charge in [-0.15, -0.1) is 5.10 Å². The lowest BCUT2D eigenvalue weighted by atomic mass is 9.94. The van der Waals surface area contributed by atoms with E-state index in [0.717, 1.165) is 59.9 Å². The van der Waals surface area contributed by atoms with Crippen molar-refractivity contribution < 1.29 is 9.13 Å². The fraction of sp³-hybridized carbons (Fsp3) is 0.538. The van der Waals surface area contributed by atoms with Gasteiger partial charge in [-0.1, -0.05) is 9.24 Å². The van der Waals surface area contributed by atoms with Crippen molar-refractivity contribution in [2.45, 2.75) is 57.5 Å². The first-order valence-corrected chi connectivity index (χ1v) is 13.6. The SMILES string of the molecule is CC1(N2CCCC(F)(P)C2)COC1.CNc1nc(N)nn2ccc(-c3ccc4nc(C)n(C(C)C)c4n3)c12. The number of fused-ring (bicyclic) bond motifs is 2. The van der Waals surface area contributed by atoms with Gasteiger partial charge in [-0.3, -0.25) is 4.90 Å². The summed E-state index contributed by atoms with van der Waals surface area (Å²) in [6, 6.07) is 6.24. The zero-order chi connectivity index (χ0) is 27.2. The van der Waals surface area contributed by atoms with Gasteiger partial charge in [0.25, 0.3) is 0 Å². The fourth-order valence-corrected chi connectivity index (χ4v) is 5.78. The first-order valence-electron chi connectivity index (χ1n) is 13.0. The molecule has 10 nitrogen and oxygen atoms in total. The lowest BCUT2D eigenvalue weighted by molar-refractivity contribution is -0.143. The van der Waals surface area contributed by atoms with Crippen LogP contribution in [0.5, 0.6) is 0 Å². The van der Waals surface area contributed by atoms with Crippen molar-refractivity contribution in [3.05, 3.63) is 30.2 Å². The molecule has 2 unspecified atom stereocenters. The highest BCUT2D eigenvalue weighted by Gasteiger charge is 2.44. The van der Waals surface area contributed by atoms with Crippen LogP contribution in [0, 0.1) is 6.92 Å². The average Bonchev–Trinajstić information content (AvgIpc) is 3.41. The molecule has 0 radical (unpaired) electrons. The molecule has 2 saturated heterocycles. The summed E-state index contributed by atoms with van der Waals surface area (Å²) in [5.74, 6) is 1.85. The monoisotopic (exact) mass is 541 g/mol. The number of likely N-dealkylation sites (tertiary alicyclic amines) is 1. The Morgan fingerprint density at radius 3 is 2.58 bits per heavy atom. The molecule has 204 valence electrons. The second kappa shape index (κ2) is 10.0. The summed E-state index contributed by atoms with van der Waals surface area (Å²) < 4.78 is 22.7. The molecule has 0 saturated carbocycles. The molecule has 6 rings (SSSR count). The molecule has 2 atom stereocenters. The third kappa shape index (κ3) is 4.95. The summed E-state index contributed by atoms with van der Waals surface area (Å²) in [6.07, 6.45) is 3.49. The first-order chi connectivity index (χ1) is 18.0. The molecule has 0 aliphatic carbocycles. The number of halogens is 1. The van der Waals surface area contributed by atoms with Crippen molar-refractivity contribution in [2.24, 2.45) is 0 Å². The molecule has 3 N–H and O–H groups in total. The predicted molar refractivity (Wildman–Crippen MR) is 152 cm³/mol. The first kappa shape index (κ1) is 26.7. The Balaban J connectivity index is 0.000000190. The quantitative estimate of drug-likeness (QED) is 0.372. The zero-order valence-corrected chi connectivity index (χ0v) is 23.9. The highest BCUT2D eigenvalue weighted by Crippen LogP contribution is 2.36. The fourth-order valence-electron chi connectivity index (χ4n) is 5.36. The average molecular weight is 542 g/mol. The van der Waals surface area contributed by atoms with E-state index in [0.29, 0.717) is 18.8 Å². The molecule has 0 aromatic carbocycles. The normalized spacial score (nSPS) is 21.4. The van der Waals surface area contributed by atoms with Crippen LogP contribution < -0.4 is 11.1 Å². The lowest BCUT2D eigenvalue weighted by Gasteiger charge is -2.51. The zero-order valence-electron chi connectivity index (χ0n) is 22.7. The molecule has 0 bridgehead atoms. The number of imidazole rings is 1. The molecule has 2 fully saturated rings. The second-order valence-corrected chi connectivity index (χ2v) is 11.8. The molecular weight excluding hydrogens is 504 g/mol. The second-order valence-electron chi connectivity index (χ2n) is 10.8. The minimum absolute atomic E-state index is 0.105. The third-order valence-electron chi connectivity index (χ3n) is 7.33. The summed E-state index contributed by atoms with van der Waals surface area (Å²) in [7, 11) is 4.15. The molecule has 0 spiro atoms. The predicted octanol–water partition coefficient (Wildman–Crippen LogP) is 4.07. The van der Waals surface area contributed by atoms with E-state index >= 15 is 0 Å². The smallest absolute Gasteiger partial charge is 0.240 e. The van der Waals surface area contributed by atoms with Crippen LogP contribution in [0.1, 0.15) is 45.5 Å². The van der Waals surface area contributed by atoms with E-state index < -0.39 is 5.41 Å². The maximum absolute atomic E-state index is 13.7. The highest BCUT2D eigenvalue weighted by atomic mass is 31.0. The largest absolute Gasteiger partial charge is 0.377 e. The van der Waals surface area contributed by atoms with Gasteiger partial charge in [0.15, 0.2) is 11.5 Å². The number of pyridine rings is 1. The Morgan fingerprint density at radius 1 is 1.18 bits per heavy atom. The van der Waals surface area contributed by atoms with Crippen LogP contribution in [0.25, 0.3) is 27.9 Å². The van der Waals surface area contributed by atoms with Gasteiger partial charge in [0.2, 0.25) is 5.95 Å². The van der Waals surface area contributed by atoms with Crippen molar-refractivity contribution in [1.82, 2.24) is 34.0 Å². The number of hydrogen-bond acceptors (Lipinski definition) is 8. The Hall–Kier alpha value is -2.88. The third-order valence-corrected chi connectivity index (χ3v) is 7.81. The van der Waals surface area contributed by atoms with Gasteiger partial charge in [0.05, 0.1) is 24.4 Å². The van der Waals surface area contributed by atoms with Crippen molar-refractivity contribution in [3.8, 4) is 11.3 Å². The van der Waals surface area contributed by atoms with Gasteiger partial charge in [0, 0.05) is 31.4 Å². The molecule has 6 heterocycles. The number of hydrogen-bond donors (Lipinski definition) is 2. The molecule has 12 heteroatoms. The van der Waals surface area contributed by atoms with Gasteiger partial charge >= 0.3 is 0 Å². The van der Waals surface area contributed by atoms with Gasteiger partial charge in [-0.25, -0.2) is 18.9 Å². The van der Waals surface area contributed by atoms with Crippen LogP contribution in [0.15, 0.2) is 24.4 Å². The number of anilines is 2. The van der Waals surface area contributed by atoms with Crippen molar-refractivity contribution in [1.29, 1.82) is 0 Å². The standard InChI is InChI=1S/C17H20N8.C9H17FNOP/c1-9(2)25-10(3)20-13-6-5-12(21-16(13)25)11-7-8-24-14(11)15(19-4)22-17(18)23-24;1-8(6-12-7-8)11-4-2-3-9(10,13)5-11/h5-9H,1-4H3,(H3,18,19,22,23);2-7,13H2,1H3. The minimum Gasteiger partial charge on any atom is -0.377 e. The summed E-state index contributed by atoms with van der Waals surface area (Å²) in [6.45, 7) is 11.5. The molecule has 0 amide bonds. The number of nitrogens with two attached hydrogens (primary N) is 1. The number of aromatic nitrogens is 6. The van der Waals surface area contributed by atoms with Gasteiger partial charge < -0.3 is 20.4 Å². The summed E-state index contributed by atoms with van der Waals surface area (Å²) >= 11 is 0. The minimum atomic E-state index is -1.07.